The SMILES string of the molecule is Cc1ccc(CNC(=O)/C=C/c2csc(C)n2)cc1. The summed E-state index contributed by atoms with van der Waals surface area (Å²) in [6, 6.07) is 8.11. The van der Waals surface area contributed by atoms with Gasteiger partial charge in [0.15, 0.2) is 0 Å². The van der Waals surface area contributed by atoms with E-state index in [0.717, 1.165) is 16.3 Å². The monoisotopic (exact) mass is 272 g/mol. The molecule has 1 heterocycles. The van der Waals surface area contributed by atoms with Crippen LogP contribution in [0.4, 0.5) is 0 Å². The Labute approximate surface area is 117 Å². The molecule has 0 unspecified atom stereocenters. The standard InChI is InChI=1S/C15H16N2OS/c1-11-3-5-13(6-4-11)9-16-15(18)8-7-14-10-19-12(2)17-14/h3-8,10H,9H2,1-2H3,(H,16,18)/b8-7+. The van der Waals surface area contributed by atoms with Crippen molar-refractivity contribution in [2.45, 2.75) is 20.4 Å². The molecule has 0 atom stereocenters. The van der Waals surface area contributed by atoms with Gasteiger partial charge in [0.05, 0.1) is 10.7 Å². The summed E-state index contributed by atoms with van der Waals surface area (Å²) in [5.74, 6) is -0.105. The Morgan fingerprint density at radius 2 is 2.05 bits per heavy atom. The van der Waals surface area contributed by atoms with Crippen LogP contribution < -0.4 is 5.32 Å². The molecule has 98 valence electrons. The summed E-state index contributed by atoms with van der Waals surface area (Å²) >= 11 is 1.57. The van der Waals surface area contributed by atoms with Gasteiger partial charge in [-0.1, -0.05) is 29.8 Å². The van der Waals surface area contributed by atoms with Gasteiger partial charge in [-0.25, -0.2) is 4.98 Å². The maximum Gasteiger partial charge on any atom is 0.244 e. The lowest BCUT2D eigenvalue weighted by atomic mass is 10.1. The number of rotatable bonds is 4. The highest BCUT2D eigenvalue weighted by Crippen LogP contribution is 2.09. The molecule has 1 N–H and O–H groups in total. The van der Waals surface area contributed by atoms with Crippen LogP contribution in [0.2, 0.25) is 0 Å². The fourth-order valence-electron chi connectivity index (χ4n) is 1.57. The highest BCUT2D eigenvalue weighted by Gasteiger charge is 1.98. The maximum atomic E-state index is 11.6. The van der Waals surface area contributed by atoms with Gasteiger partial charge in [-0.15, -0.1) is 11.3 Å². The van der Waals surface area contributed by atoms with Crippen molar-refractivity contribution >= 4 is 23.3 Å². The molecular weight excluding hydrogens is 256 g/mol. The van der Waals surface area contributed by atoms with Crippen LogP contribution in [-0.2, 0) is 11.3 Å². The number of thiazole rings is 1. The number of aryl methyl sites for hydroxylation is 2. The van der Waals surface area contributed by atoms with Gasteiger partial charge in [0, 0.05) is 18.0 Å². The predicted octanol–water partition coefficient (Wildman–Crippen LogP) is 3.09. The van der Waals surface area contributed by atoms with Crippen LogP contribution in [0.3, 0.4) is 0 Å². The third-order valence-corrected chi connectivity index (χ3v) is 3.42. The number of nitrogens with one attached hydrogen (secondary N) is 1. The van der Waals surface area contributed by atoms with Crippen LogP contribution in [0, 0.1) is 13.8 Å². The summed E-state index contributed by atoms with van der Waals surface area (Å²) in [6.45, 7) is 4.53. The van der Waals surface area contributed by atoms with E-state index in [9.17, 15) is 4.79 Å². The molecule has 0 fully saturated rings. The van der Waals surface area contributed by atoms with E-state index < -0.39 is 0 Å². The van der Waals surface area contributed by atoms with Crippen LogP contribution >= 0.6 is 11.3 Å². The smallest absolute Gasteiger partial charge is 0.244 e. The van der Waals surface area contributed by atoms with Gasteiger partial charge in [-0.3, -0.25) is 4.79 Å². The minimum absolute atomic E-state index is 0.105. The Kier molecular flexibility index (Phi) is 4.47. The van der Waals surface area contributed by atoms with E-state index in [4.69, 9.17) is 0 Å². The first kappa shape index (κ1) is 13.5. The summed E-state index contributed by atoms with van der Waals surface area (Å²) in [5, 5.41) is 5.77. The van der Waals surface area contributed by atoms with Crippen molar-refractivity contribution in [2.24, 2.45) is 0 Å². The zero-order chi connectivity index (χ0) is 13.7. The van der Waals surface area contributed by atoms with E-state index in [1.165, 1.54) is 11.6 Å². The molecule has 2 rings (SSSR count). The molecule has 1 aromatic heterocycles. The normalized spacial score (nSPS) is 10.8. The van der Waals surface area contributed by atoms with E-state index >= 15 is 0 Å². The van der Waals surface area contributed by atoms with E-state index in [0.29, 0.717) is 6.54 Å². The van der Waals surface area contributed by atoms with Gasteiger partial charge in [-0.2, -0.15) is 0 Å². The quantitative estimate of drug-likeness (QED) is 0.869. The molecule has 3 nitrogen and oxygen atoms in total. The number of carbonyl (C=O) groups is 1. The molecule has 0 saturated carbocycles. The van der Waals surface area contributed by atoms with E-state index in [1.54, 1.807) is 17.4 Å². The third kappa shape index (κ3) is 4.34. The average Bonchev–Trinajstić information content (AvgIpc) is 2.81. The molecule has 0 spiro atoms. The van der Waals surface area contributed by atoms with Crippen molar-refractivity contribution < 1.29 is 4.79 Å². The first-order chi connectivity index (χ1) is 9.13. The first-order valence-electron chi connectivity index (χ1n) is 6.07. The second-order valence-electron chi connectivity index (χ2n) is 4.33. The highest BCUT2D eigenvalue weighted by molar-refractivity contribution is 7.09. The molecule has 2 aromatic rings. The fourth-order valence-corrected chi connectivity index (χ4v) is 2.15. The van der Waals surface area contributed by atoms with E-state index in [2.05, 4.69) is 10.3 Å². The topological polar surface area (TPSA) is 42.0 Å². The van der Waals surface area contributed by atoms with Crippen LogP contribution in [0.25, 0.3) is 6.08 Å². The first-order valence-corrected chi connectivity index (χ1v) is 6.95. The number of hydrogen-bond donors (Lipinski definition) is 1. The molecule has 0 bridgehead atoms. The van der Waals surface area contributed by atoms with Crippen molar-refractivity contribution in [1.82, 2.24) is 10.3 Å². The second-order valence-corrected chi connectivity index (χ2v) is 5.39. The Hall–Kier alpha value is -1.94. The van der Waals surface area contributed by atoms with Gasteiger partial charge in [0.1, 0.15) is 0 Å². The number of nitrogens with zero attached hydrogens (tertiary/aromatic N) is 1. The molecular formula is C15H16N2OS. The van der Waals surface area contributed by atoms with Crippen LogP contribution in [0.5, 0.6) is 0 Å². The molecule has 0 aliphatic heterocycles. The van der Waals surface area contributed by atoms with Gasteiger partial charge < -0.3 is 5.32 Å². The minimum Gasteiger partial charge on any atom is -0.348 e. The molecule has 0 radical (unpaired) electrons. The Morgan fingerprint density at radius 3 is 2.68 bits per heavy atom. The van der Waals surface area contributed by atoms with Crippen molar-refractivity contribution in [3.63, 3.8) is 0 Å². The molecule has 4 heteroatoms. The van der Waals surface area contributed by atoms with Crippen LogP contribution in [0.15, 0.2) is 35.7 Å². The highest BCUT2D eigenvalue weighted by atomic mass is 32.1. The summed E-state index contributed by atoms with van der Waals surface area (Å²) < 4.78 is 0. The molecule has 19 heavy (non-hydrogen) atoms. The van der Waals surface area contributed by atoms with Gasteiger partial charge in [0.25, 0.3) is 0 Å². The Morgan fingerprint density at radius 1 is 1.32 bits per heavy atom. The van der Waals surface area contributed by atoms with Gasteiger partial charge in [0.2, 0.25) is 5.91 Å². The zero-order valence-electron chi connectivity index (χ0n) is 11.0. The lowest BCUT2D eigenvalue weighted by Crippen LogP contribution is -2.20. The summed E-state index contributed by atoms with van der Waals surface area (Å²) in [4.78, 5) is 15.9. The summed E-state index contributed by atoms with van der Waals surface area (Å²) in [5.41, 5.74) is 3.14. The van der Waals surface area contributed by atoms with Crippen molar-refractivity contribution in [3.8, 4) is 0 Å². The lowest BCUT2D eigenvalue weighted by molar-refractivity contribution is -0.116. The van der Waals surface area contributed by atoms with Crippen molar-refractivity contribution in [2.75, 3.05) is 0 Å². The number of amides is 1. The van der Waals surface area contributed by atoms with Crippen molar-refractivity contribution in [1.29, 1.82) is 0 Å². The number of carbonyl (C=O) groups excluding carboxylic acids is 1. The summed E-state index contributed by atoms with van der Waals surface area (Å²) in [6.07, 6.45) is 3.25. The van der Waals surface area contributed by atoms with E-state index in [1.807, 2.05) is 43.5 Å². The minimum atomic E-state index is -0.105. The molecule has 1 aromatic carbocycles. The van der Waals surface area contributed by atoms with E-state index in [-0.39, 0.29) is 5.91 Å². The zero-order valence-corrected chi connectivity index (χ0v) is 11.8. The largest absolute Gasteiger partial charge is 0.348 e. The maximum absolute atomic E-state index is 11.6. The van der Waals surface area contributed by atoms with Crippen LogP contribution in [-0.4, -0.2) is 10.9 Å². The fraction of sp³-hybridized carbons (Fsp3) is 0.200. The number of benzene rings is 1. The van der Waals surface area contributed by atoms with Gasteiger partial charge >= 0.3 is 0 Å². The average molecular weight is 272 g/mol. The van der Waals surface area contributed by atoms with Gasteiger partial charge in [-0.05, 0) is 25.5 Å². The number of aromatic nitrogens is 1. The third-order valence-electron chi connectivity index (χ3n) is 2.63. The Bertz CT molecular complexity index is 584. The predicted molar refractivity (Wildman–Crippen MR) is 78.9 cm³/mol. The van der Waals surface area contributed by atoms with Crippen LogP contribution in [0.1, 0.15) is 21.8 Å². The molecule has 1 amide bonds. The molecule has 0 aliphatic rings. The second kappa shape index (κ2) is 6.29. The molecule has 0 saturated heterocycles. The number of hydrogen-bond acceptors (Lipinski definition) is 3. The lowest BCUT2D eigenvalue weighted by Gasteiger charge is -2.02. The van der Waals surface area contributed by atoms with Crippen molar-refractivity contribution in [3.05, 3.63) is 57.6 Å². The summed E-state index contributed by atoms with van der Waals surface area (Å²) in [7, 11) is 0. The molecule has 0 aliphatic carbocycles. The Balaban J connectivity index is 1.84.